The standard InChI is InChI=1S/C11H14IN/c12-11-6-7-13-8-10(11)9-4-2-1-3-5-9/h1-5,10-11,13H,6-8H2. The van der Waals surface area contributed by atoms with Crippen LogP contribution in [0.2, 0.25) is 0 Å². The molecule has 2 unspecified atom stereocenters. The molecule has 0 amide bonds. The second kappa shape index (κ2) is 4.42. The quantitative estimate of drug-likeness (QED) is 0.618. The Labute approximate surface area is 93.1 Å². The highest BCUT2D eigenvalue weighted by Gasteiger charge is 2.23. The lowest BCUT2D eigenvalue weighted by atomic mass is 9.92. The van der Waals surface area contributed by atoms with Crippen LogP contribution in [0.5, 0.6) is 0 Å². The Balaban J connectivity index is 2.15. The Kier molecular flexibility index (Phi) is 3.22. The van der Waals surface area contributed by atoms with E-state index in [1.807, 2.05) is 0 Å². The van der Waals surface area contributed by atoms with E-state index in [0.717, 1.165) is 10.5 Å². The molecule has 2 heteroatoms. The van der Waals surface area contributed by atoms with Gasteiger partial charge in [0.2, 0.25) is 0 Å². The molecule has 1 heterocycles. The molecule has 1 aromatic carbocycles. The van der Waals surface area contributed by atoms with Crippen molar-refractivity contribution in [2.45, 2.75) is 16.3 Å². The van der Waals surface area contributed by atoms with Crippen LogP contribution in [-0.4, -0.2) is 17.0 Å². The lowest BCUT2D eigenvalue weighted by molar-refractivity contribution is 0.485. The van der Waals surface area contributed by atoms with Crippen molar-refractivity contribution in [3.63, 3.8) is 0 Å². The van der Waals surface area contributed by atoms with E-state index >= 15 is 0 Å². The normalized spacial score (nSPS) is 28.7. The van der Waals surface area contributed by atoms with Crippen LogP contribution < -0.4 is 5.32 Å². The molecule has 0 aromatic heterocycles. The van der Waals surface area contributed by atoms with E-state index in [9.17, 15) is 0 Å². The van der Waals surface area contributed by atoms with Gasteiger partial charge in [-0.2, -0.15) is 0 Å². The maximum atomic E-state index is 3.46. The van der Waals surface area contributed by atoms with Gasteiger partial charge in [0.05, 0.1) is 0 Å². The minimum Gasteiger partial charge on any atom is -0.316 e. The van der Waals surface area contributed by atoms with Crippen molar-refractivity contribution in [2.24, 2.45) is 0 Å². The van der Waals surface area contributed by atoms with Crippen molar-refractivity contribution in [1.29, 1.82) is 0 Å². The predicted octanol–water partition coefficient (Wildman–Crippen LogP) is 2.57. The van der Waals surface area contributed by atoms with Crippen LogP contribution in [0, 0.1) is 0 Å². The van der Waals surface area contributed by atoms with E-state index < -0.39 is 0 Å². The van der Waals surface area contributed by atoms with Crippen molar-refractivity contribution in [2.75, 3.05) is 13.1 Å². The third kappa shape index (κ3) is 2.23. The molecule has 1 nitrogen and oxygen atoms in total. The number of alkyl halides is 1. The van der Waals surface area contributed by atoms with Gasteiger partial charge >= 0.3 is 0 Å². The number of halogens is 1. The molecule has 0 radical (unpaired) electrons. The van der Waals surface area contributed by atoms with E-state index in [1.54, 1.807) is 0 Å². The van der Waals surface area contributed by atoms with Crippen molar-refractivity contribution < 1.29 is 0 Å². The second-order valence-corrected chi connectivity index (χ2v) is 5.13. The molecule has 70 valence electrons. The zero-order valence-corrected chi connectivity index (χ0v) is 9.70. The highest BCUT2D eigenvalue weighted by atomic mass is 127. The first-order valence-electron chi connectivity index (χ1n) is 4.77. The summed E-state index contributed by atoms with van der Waals surface area (Å²) in [5.74, 6) is 0.704. The van der Waals surface area contributed by atoms with Crippen LogP contribution in [0.4, 0.5) is 0 Å². The number of hydrogen-bond donors (Lipinski definition) is 1. The molecule has 0 saturated carbocycles. The fourth-order valence-corrected chi connectivity index (χ4v) is 2.83. The molecule has 2 rings (SSSR count). The molecule has 1 saturated heterocycles. The number of benzene rings is 1. The number of piperidine rings is 1. The Hall–Kier alpha value is -0.0900. The van der Waals surface area contributed by atoms with Crippen molar-refractivity contribution in [1.82, 2.24) is 5.32 Å². The molecule has 13 heavy (non-hydrogen) atoms. The molecule has 1 aliphatic heterocycles. The first-order valence-corrected chi connectivity index (χ1v) is 6.02. The van der Waals surface area contributed by atoms with Crippen LogP contribution >= 0.6 is 22.6 Å². The third-order valence-electron chi connectivity index (χ3n) is 2.63. The monoisotopic (exact) mass is 287 g/mol. The van der Waals surface area contributed by atoms with Gasteiger partial charge in [0.25, 0.3) is 0 Å². The van der Waals surface area contributed by atoms with E-state index in [-0.39, 0.29) is 0 Å². The smallest absolute Gasteiger partial charge is 0.0202 e. The van der Waals surface area contributed by atoms with Crippen molar-refractivity contribution in [3.05, 3.63) is 35.9 Å². The van der Waals surface area contributed by atoms with Gasteiger partial charge in [-0.3, -0.25) is 0 Å². The Bertz CT molecular complexity index is 260. The molecule has 1 aromatic rings. The molecule has 0 spiro atoms. The highest BCUT2D eigenvalue weighted by Crippen LogP contribution is 2.29. The summed E-state index contributed by atoms with van der Waals surface area (Å²) in [7, 11) is 0. The molecular weight excluding hydrogens is 273 g/mol. The van der Waals surface area contributed by atoms with E-state index in [1.165, 1.54) is 18.5 Å². The van der Waals surface area contributed by atoms with Gasteiger partial charge in [0.15, 0.2) is 0 Å². The van der Waals surface area contributed by atoms with Gasteiger partial charge in [-0.25, -0.2) is 0 Å². The first-order chi connectivity index (χ1) is 6.38. The molecule has 2 atom stereocenters. The fraction of sp³-hybridized carbons (Fsp3) is 0.455. The van der Waals surface area contributed by atoms with E-state index in [0.29, 0.717) is 5.92 Å². The maximum absolute atomic E-state index is 3.46. The van der Waals surface area contributed by atoms with Gasteiger partial charge in [0.1, 0.15) is 0 Å². The van der Waals surface area contributed by atoms with Gasteiger partial charge in [0, 0.05) is 16.4 Å². The predicted molar refractivity (Wildman–Crippen MR) is 64.5 cm³/mol. The summed E-state index contributed by atoms with van der Waals surface area (Å²) < 4.78 is 0.793. The first kappa shape index (κ1) is 9.46. The lowest BCUT2D eigenvalue weighted by Crippen LogP contribution is -2.35. The topological polar surface area (TPSA) is 12.0 Å². The minimum atomic E-state index is 0.704. The summed E-state index contributed by atoms with van der Waals surface area (Å²) in [6, 6.07) is 10.8. The van der Waals surface area contributed by atoms with Gasteiger partial charge in [-0.05, 0) is 18.5 Å². The minimum absolute atomic E-state index is 0.704. The average Bonchev–Trinajstić information content (AvgIpc) is 2.20. The fourth-order valence-electron chi connectivity index (χ4n) is 1.85. The second-order valence-electron chi connectivity index (χ2n) is 3.53. The van der Waals surface area contributed by atoms with Gasteiger partial charge in [-0.1, -0.05) is 52.9 Å². The summed E-state index contributed by atoms with van der Waals surface area (Å²) in [4.78, 5) is 0. The largest absolute Gasteiger partial charge is 0.316 e. The number of hydrogen-bond acceptors (Lipinski definition) is 1. The SMILES string of the molecule is IC1CCNCC1c1ccccc1. The highest BCUT2D eigenvalue weighted by molar-refractivity contribution is 14.1. The summed E-state index contributed by atoms with van der Waals surface area (Å²) >= 11 is 2.58. The Morgan fingerprint density at radius 2 is 2.00 bits per heavy atom. The summed E-state index contributed by atoms with van der Waals surface area (Å²) in [5, 5.41) is 3.46. The zero-order valence-electron chi connectivity index (χ0n) is 7.54. The van der Waals surface area contributed by atoms with Crippen LogP contribution in [0.1, 0.15) is 17.9 Å². The number of rotatable bonds is 1. The molecule has 1 N–H and O–H groups in total. The van der Waals surface area contributed by atoms with Gasteiger partial charge in [-0.15, -0.1) is 0 Å². The third-order valence-corrected chi connectivity index (χ3v) is 4.12. The Morgan fingerprint density at radius 3 is 2.69 bits per heavy atom. The lowest BCUT2D eigenvalue weighted by Gasteiger charge is -2.28. The maximum Gasteiger partial charge on any atom is 0.0202 e. The average molecular weight is 287 g/mol. The summed E-state index contributed by atoms with van der Waals surface area (Å²) in [5.41, 5.74) is 1.48. The van der Waals surface area contributed by atoms with Crippen LogP contribution in [0.25, 0.3) is 0 Å². The van der Waals surface area contributed by atoms with Crippen LogP contribution in [0.15, 0.2) is 30.3 Å². The van der Waals surface area contributed by atoms with Crippen molar-refractivity contribution in [3.8, 4) is 0 Å². The van der Waals surface area contributed by atoms with Gasteiger partial charge < -0.3 is 5.32 Å². The molecule has 0 aliphatic carbocycles. The van der Waals surface area contributed by atoms with Crippen LogP contribution in [0.3, 0.4) is 0 Å². The summed E-state index contributed by atoms with van der Waals surface area (Å²) in [6.07, 6.45) is 1.29. The molecular formula is C11H14IN. The van der Waals surface area contributed by atoms with E-state index in [4.69, 9.17) is 0 Å². The number of nitrogens with one attached hydrogen (secondary N) is 1. The van der Waals surface area contributed by atoms with Crippen LogP contribution in [-0.2, 0) is 0 Å². The molecule has 0 bridgehead atoms. The molecule has 1 aliphatic rings. The van der Waals surface area contributed by atoms with E-state index in [2.05, 4.69) is 58.2 Å². The summed E-state index contributed by atoms with van der Waals surface area (Å²) in [6.45, 7) is 2.31. The van der Waals surface area contributed by atoms with Crippen molar-refractivity contribution >= 4 is 22.6 Å². The molecule has 1 fully saturated rings. The zero-order chi connectivity index (χ0) is 9.10. The Morgan fingerprint density at radius 1 is 1.23 bits per heavy atom.